The van der Waals surface area contributed by atoms with Gasteiger partial charge in [-0.1, -0.05) is 10.4 Å². The molecule has 2 fully saturated rings. The van der Waals surface area contributed by atoms with Gasteiger partial charge in [0, 0.05) is 44.5 Å². The van der Waals surface area contributed by atoms with E-state index in [9.17, 15) is 62.2 Å². The Morgan fingerprint density at radius 1 is 0.549 bits per heavy atom. The highest BCUT2D eigenvalue weighted by atomic mass is 19.2. The molecule has 5 rings (SSSR count). The highest BCUT2D eigenvalue weighted by Crippen LogP contribution is 2.29. The molecule has 1 amide bonds. The molecule has 0 aliphatic carbocycles. The van der Waals surface area contributed by atoms with Crippen LogP contribution in [0.3, 0.4) is 0 Å². The fourth-order valence-corrected chi connectivity index (χ4v) is 7.62. The maximum atomic E-state index is 13.8. The van der Waals surface area contributed by atoms with Gasteiger partial charge in [-0.15, -0.1) is 10.2 Å². The largest absolute Gasteiger partial charge is 0.420 e. The molecule has 8 atom stereocenters. The molecule has 33 heteroatoms. The van der Waals surface area contributed by atoms with E-state index >= 15 is 0 Å². The number of halogens is 5. The number of hydrogen-bond donors (Lipinski definition) is 7. The van der Waals surface area contributed by atoms with Crippen LogP contribution in [0.1, 0.15) is 37.1 Å². The maximum Gasteiger partial charge on any atom is 0.313 e. The number of amides is 1. The van der Waals surface area contributed by atoms with Gasteiger partial charge >= 0.3 is 5.97 Å². The van der Waals surface area contributed by atoms with Crippen molar-refractivity contribution in [3.8, 4) is 5.75 Å². The van der Waals surface area contributed by atoms with Gasteiger partial charge in [0.25, 0.3) is 0 Å². The van der Waals surface area contributed by atoms with Gasteiger partial charge in [-0.25, -0.2) is 22.5 Å². The molecule has 0 spiro atoms. The van der Waals surface area contributed by atoms with Crippen LogP contribution in [0, 0.1) is 29.1 Å². The van der Waals surface area contributed by atoms with E-state index in [1.54, 1.807) is 21.8 Å². The monoisotopic (exact) mass is 1190 g/mol. The van der Waals surface area contributed by atoms with Crippen LogP contribution in [0.2, 0.25) is 0 Å². The van der Waals surface area contributed by atoms with Crippen molar-refractivity contribution in [1.82, 2.24) is 35.3 Å². The van der Waals surface area contributed by atoms with Crippen molar-refractivity contribution in [1.29, 1.82) is 0 Å². The summed E-state index contributed by atoms with van der Waals surface area (Å²) >= 11 is 0. The molecule has 1 aromatic carbocycles. The Hall–Kier alpha value is -4.63. The van der Waals surface area contributed by atoms with Gasteiger partial charge in [-0.3, -0.25) is 9.59 Å². The molecule has 2 saturated heterocycles. The number of esters is 1. The number of hydrogen-bond acceptors (Lipinski definition) is 25. The van der Waals surface area contributed by atoms with Crippen molar-refractivity contribution in [2.45, 2.75) is 107 Å². The number of carbonyl (C=O) groups is 2. The van der Waals surface area contributed by atoms with Crippen LogP contribution < -0.4 is 10.1 Å². The molecule has 3 aromatic rings. The first-order valence-corrected chi connectivity index (χ1v) is 26.6. The zero-order valence-corrected chi connectivity index (χ0v) is 45.0. The first-order valence-electron chi connectivity index (χ1n) is 26.6. The van der Waals surface area contributed by atoms with Gasteiger partial charge < -0.3 is 97.5 Å². The minimum atomic E-state index is -2.39. The summed E-state index contributed by atoms with van der Waals surface area (Å²) in [4.78, 5) is 24.8. The summed E-state index contributed by atoms with van der Waals surface area (Å²) in [6.07, 6.45) is -4.12. The van der Waals surface area contributed by atoms with Crippen LogP contribution in [0.25, 0.3) is 0 Å². The first-order chi connectivity index (χ1) is 39.7. The van der Waals surface area contributed by atoms with Crippen molar-refractivity contribution < 1.29 is 124 Å². The van der Waals surface area contributed by atoms with Gasteiger partial charge in [0.05, 0.1) is 181 Å². The van der Waals surface area contributed by atoms with Crippen LogP contribution >= 0.6 is 0 Å². The number of nitrogens with one attached hydrogen (secondary N) is 1. The number of aromatic nitrogens is 6. The van der Waals surface area contributed by atoms with Crippen LogP contribution in [-0.2, 0) is 92.4 Å². The van der Waals surface area contributed by atoms with Gasteiger partial charge in [-0.05, 0) is 0 Å². The van der Waals surface area contributed by atoms with Crippen molar-refractivity contribution in [3.05, 3.63) is 52.9 Å². The molecule has 28 nitrogen and oxygen atoms in total. The van der Waals surface area contributed by atoms with Gasteiger partial charge in [-0.2, -0.15) is 8.78 Å². The van der Waals surface area contributed by atoms with E-state index in [2.05, 4.69) is 30.7 Å². The lowest BCUT2D eigenvalue weighted by Gasteiger charge is -2.35. The molecule has 0 saturated carbocycles. The highest BCUT2D eigenvalue weighted by molar-refractivity contribution is 5.76. The van der Waals surface area contributed by atoms with E-state index in [0.29, 0.717) is 63.7 Å². The fraction of sp³-hybridized carbons (Fsp3) is 0.755. The molecule has 8 unspecified atom stereocenters. The third-order valence-electron chi connectivity index (χ3n) is 12.0. The van der Waals surface area contributed by atoms with Crippen LogP contribution in [-0.4, -0.2) is 260 Å². The summed E-state index contributed by atoms with van der Waals surface area (Å²) in [5, 5.41) is 77.5. The van der Waals surface area contributed by atoms with E-state index in [-0.39, 0.29) is 118 Å². The van der Waals surface area contributed by atoms with E-state index in [4.69, 9.17) is 56.8 Å². The van der Waals surface area contributed by atoms with Crippen LogP contribution in [0.15, 0.2) is 12.4 Å². The summed E-state index contributed by atoms with van der Waals surface area (Å²) in [5.41, 5.74) is 1.32. The Morgan fingerprint density at radius 3 is 1.38 bits per heavy atom. The van der Waals surface area contributed by atoms with Gasteiger partial charge in [0.1, 0.15) is 24.4 Å². The number of benzene rings is 1. The Morgan fingerprint density at radius 2 is 0.939 bits per heavy atom. The number of rotatable bonds is 43. The lowest BCUT2D eigenvalue weighted by Crippen LogP contribution is -2.50. The quantitative estimate of drug-likeness (QED) is 0.00808. The van der Waals surface area contributed by atoms with Crippen molar-refractivity contribution >= 4 is 11.9 Å². The smallest absolute Gasteiger partial charge is 0.313 e. The zero-order chi connectivity index (χ0) is 59.1. The van der Waals surface area contributed by atoms with Gasteiger partial charge in [0.2, 0.25) is 40.7 Å². The predicted molar refractivity (Wildman–Crippen MR) is 264 cm³/mol. The minimum absolute atomic E-state index is 0.0224. The number of ether oxygens (including phenoxy) is 13. The van der Waals surface area contributed by atoms with Crippen LogP contribution in [0.4, 0.5) is 22.0 Å². The Kier molecular flexibility index (Phi) is 31.9. The summed E-state index contributed by atoms with van der Waals surface area (Å²) in [5.74, 6) is -14.9. The maximum absolute atomic E-state index is 13.8. The number of aliphatic hydroxyl groups is 6. The van der Waals surface area contributed by atoms with E-state index < -0.39 is 116 Å². The number of aliphatic hydroxyl groups excluding tert-OH is 6. The molecule has 0 bridgehead atoms. The molecule has 466 valence electrons. The lowest BCUT2D eigenvalue weighted by atomic mass is 10.0. The lowest BCUT2D eigenvalue weighted by molar-refractivity contribution is -0.256. The van der Waals surface area contributed by atoms with Gasteiger partial charge in [0.15, 0.2) is 12.6 Å². The molecule has 4 heterocycles. The second-order valence-corrected chi connectivity index (χ2v) is 18.3. The third kappa shape index (κ3) is 24.5. The summed E-state index contributed by atoms with van der Waals surface area (Å²) in [7, 11) is 0. The first kappa shape index (κ1) is 68.2. The topological polar surface area (TPSA) is 349 Å². The number of nitrogens with zero attached hydrogens (tertiary/aromatic N) is 6. The van der Waals surface area contributed by atoms with Crippen molar-refractivity contribution in [2.75, 3.05) is 132 Å². The van der Waals surface area contributed by atoms with Crippen molar-refractivity contribution in [2.24, 2.45) is 0 Å². The minimum Gasteiger partial charge on any atom is -0.420 e. The fourth-order valence-electron chi connectivity index (χ4n) is 7.62. The van der Waals surface area contributed by atoms with E-state index in [1.165, 1.54) is 0 Å². The third-order valence-corrected chi connectivity index (χ3v) is 12.0. The Bertz CT molecular complexity index is 2160. The molecule has 82 heavy (non-hydrogen) atoms. The summed E-state index contributed by atoms with van der Waals surface area (Å²) < 4.78 is 142. The molecule has 2 aromatic heterocycles. The van der Waals surface area contributed by atoms with Crippen LogP contribution in [0.5, 0.6) is 5.75 Å². The molecule has 0 radical (unpaired) electrons. The normalized spacial score (nSPS) is 21.5. The SMILES string of the molecule is O=C(CCOCCOCCC(=O)Oc1c(F)c(F)c(F)c(F)c1F)NC(COCCOCCOCCn1cc(CCOC2CC(O)C(O)C(CO)O2)nn1)COCCOCCOCCn1cc(CCOC2CC(O)C(O)C(CO)O2)nn1. The second-order valence-electron chi connectivity index (χ2n) is 18.3. The molecule has 2 aliphatic rings. The Balaban J connectivity index is 0.904. The second kappa shape index (κ2) is 38.3. The average molecular weight is 1190 g/mol. The summed E-state index contributed by atoms with van der Waals surface area (Å²) in [6, 6.07) is -0.578. The summed E-state index contributed by atoms with van der Waals surface area (Å²) in [6.45, 7) is 2.70. The molecule has 2 aliphatic heterocycles. The number of carbonyl (C=O) groups excluding carboxylic acids is 2. The van der Waals surface area contributed by atoms with E-state index in [1.807, 2.05) is 0 Å². The van der Waals surface area contributed by atoms with Crippen molar-refractivity contribution in [3.63, 3.8) is 0 Å². The zero-order valence-electron chi connectivity index (χ0n) is 45.0. The standard InChI is InChI=1S/C49H74F5N7O21/c50-42-43(51)45(53)49(46(54)44(42)52)82-39(67)4-8-71-14-13-70-7-3-38(66)55-33(29-76-21-19-74-17-15-72-11-5-60-25-31(56-58-60)1-9-78-40-23-34(64)47(68)36(27-62)80-40)30-77-22-20-75-18-16-73-12-6-61-26-32(57-59-61)2-10-79-41-24-35(65)48(69)37(28-63)81-41/h25-26,33-37,40-41,47-48,62-65,68-69H,1-24,27-30H2,(H,55,66). The molecule has 7 N–H and O–H groups in total. The predicted octanol–water partition coefficient (Wildman–Crippen LogP) is -1.95. The molecular formula is C49H74F5N7O21. The average Bonchev–Trinajstić information content (AvgIpc) is 4.15. The Labute approximate surface area is 467 Å². The molecular weight excluding hydrogens is 1120 g/mol. The van der Waals surface area contributed by atoms with E-state index in [0.717, 1.165) is 0 Å². The highest BCUT2D eigenvalue weighted by Gasteiger charge is 2.38.